The van der Waals surface area contributed by atoms with Crippen molar-refractivity contribution in [1.29, 1.82) is 0 Å². The first-order chi connectivity index (χ1) is 15.5. The van der Waals surface area contributed by atoms with Crippen molar-refractivity contribution < 1.29 is 20.4 Å². The molecule has 1 aliphatic carbocycles. The van der Waals surface area contributed by atoms with Gasteiger partial charge in [-0.2, -0.15) is 13.9 Å². The first kappa shape index (κ1) is 17.6. The van der Waals surface area contributed by atoms with Gasteiger partial charge < -0.3 is 9.09 Å². The lowest BCUT2D eigenvalue weighted by Gasteiger charge is -2.39. The van der Waals surface area contributed by atoms with E-state index in [2.05, 4.69) is 15.2 Å². The molecule has 5 rings (SSSR count). The van der Waals surface area contributed by atoms with E-state index in [1.807, 2.05) is 0 Å². The Kier molecular flexibility index (Phi) is 3.95. The maximum atomic E-state index is 14.2. The SMILES string of the molecule is [2H]C([2H])(C1CC(C)(F)C1)n1cc(-c2cnn(C(F)F)c2)c2ncc(-c3c(C)noc3C)cc21. The van der Waals surface area contributed by atoms with Gasteiger partial charge in [-0.1, -0.05) is 5.16 Å². The number of fused-ring (bicyclic) bond motifs is 1. The third-order valence-corrected chi connectivity index (χ3v) is 5.74. The molecule has 0 unspecified atom stereocenters. The molecule has 31 heavy (non-hydrogen) atoms. The van der Waals surface area contributed by atoms with Crippen LogP contribution in [0.3, 0.4) is 0 Å². The number of hydrogen-bond acceptors (Lipinski definition) is 4. The van der Waals surface area contributed by atoms with Gasteiger partial charge in [0.2, 0.25) is 0 Å². The molecular formula is C22H22F3N5O. The number of rotatable bonds is 5. The summed E-state index contributed by atoms with van der Waals surface area (Å²) in [5.41, 5.74) is 2.46. The van der Waals surface area contributed by atoms with E-state index < -0.39 is 24.6 Å². The van der Waals surface area contributed by atoms with Crippen LogP contribution in [0.25, 0.3) is 33.3 Å². The van der Waals surface area contributed by atoms with Crippen LogP contribution in [0.15, 0.2) is 35.4 Å². The highest BCUT2D eigenvalue weighted by molar-refractivity contribution is 5.94. The zero-order chi connectivity index (χ0) is 23.7. The summed E-state index contributed by atoms with van der Waals surface area (Å²) in [4.78, 5) is 4.56. The van der Waals surface area contributed by atoms with E-state index in [0.29, 0.717) is 43.9 Å². The molecule has 162 valence electrons. The van der Waals surface area contributed by atoms with Gasteiger partial charge in [0.05, 0.1) is 25.7 Å². The number of aromatic nitrogens is 5. The monoisotopic (exact) mass is 431 g/mol. The third-order valence-electron chi connectivity index (χ3n) is 5.74. The van der Waals surface area contributed by atoms with Crippen LogP contribution in [0, 0.1) is 19.8 Å². The Balaban J connectivity index is 1.70. The average Bonchev–Trinajstić information content (AvgIpc) is 3.42. The lowest BCUT2D eigenvalue weighted by atomic mass is 9.73. The minimum atomic E-state index is -2.80. The molecule has 6 nitrogen and oxygen atoms in total. The molecule has 0 atom stereocenters. The third kappa shape index (κ3) is 3.41. The highest BCUT2D eigenvalue weighted by Crippen LogP contribution is 2.43. The van der Waals surface area contributed by atoms with Crippen LogP contribution in [-0.4, -0.2) is 30.2 Å². The summed E-state index contributed by atoms with van der Waals surface area (Å²) >= 11 is 0. The average molecular weight is 431 g/mol. The molecule has 0 aromatic carbocycles. The van der Waals surface area contributed by atoms with Gasteiger partial charge in [0.25, 0.3) is 0 Å². The van der Waals surface area contributed by atoms with Crippen molar-refractivity contribution >= 4 is 11.0 Å². The second kappa shape index (κ2) is 6.96. The fourth-order valence-corrected chi connectivity index (χ4v) is 4.29. The molecule has 4 aromatic rings. The topological polar surface area (TPSA) is 61.7 Å². The summed E-state index contributed by atoms with van der Waals surface area (Å²) in [6, 6.07) is 1.78. The zero-order valence-electron chi connectivity index (χ0n) is 19.2. The Labute approximate surface area is 179 Å². The number of hydrogen-bond donors (Lipinski definition) is 0. The van der Waals surface area contributed by atoms with Crippen molar-refractivity contribution in [3.63, 3.8) is 0 Å². The summed E-state index contributed by atoms with van der Waals surface area (Å²) in [7, 11) is 0. The first-order valence-electron chi connectivity index (χ1n) is 10.9. The van der Waals surface area contributed by atoms with Crippen molar-refractivity contribution in [3.05, 3.63) is 42.3 Å². The van der Waals surface area contributed by atoms with Gasteiger partial charge in [0, 0.05) is 47.3 Å². The Hall–Kier alpha value is -3.10. The van der Waals surface area contributed by atoms with Gasteiger partial charge in [-0.3, -0.25) is 4.98 Å². The predicted molar refractivity (Wildman–Crippen MR) is 109 cm³/mol. The van der Waals surface area contributed by atoms with Crippen molar-refractivity contribution in [1.82, 2.24) is 24.5 Å². The molecule has 0 spiro atoms. The van der Waals surface area contributed by atoms with E-state index in [4.69, 9.17) is 7.26 Å². The molecule has 1 aliphatic rings. The summed E-state index contributed by atoms with van der Waals surface area (Å²) in [5.74, 6) is 0.0582. The van der Waals surface area contributed by atoms with Crippen molar-refractivity contribution in [2.45, 2.75) is 52.3 Å². The van der Waals surface area contributed by atoms with E-state index in [0.717, 1.165) is 5.56 Å². The summed E-state index contributed by atoms with van der Waals surface area (Å²) in [6.07, 6.45) is 5.86. The normalized spacial score (nSPS) is 22.6. The van der Waals surface area contributed by atoms with Gasteiger partial charge in [-0.25, -0.2) is 9.07 Å². The second-order valence-electron chi connectivity index (χ2n) is 8.34. The number of nitrogens with zero attached hydrogens (tertiary/aromatic N) is 5. The van der Waals surface area contributed by atoms with Crippen molar-refractivity contribution in [3.8, 4) is 22.3 Å². The number of alkyl halides is 3. The van der Waals surface area contributed by atoms with Crippen LogP contribution in [-0.2, 0) is 6.50 Å². The van der Waals surface area contributed by atoms with Gasteiger partial charge in [-0.05, 0) is 45.6 Å². The fraction of sp³-hybridized carbons (Fsp3) is 0.409. The van der Waals surface area contributed by atoms with Gasteiger partial charge in [-0.15, -0.1) is 0 Å². The standard InChI is InChI=1S/C22H22F3N5O/c1-12-19(13(2)31-28-12)15-4-18-20(26-7-15)17(16-8-27-30(10-16)21(23)24)11-29(18)9-14-5-22(3,25)6-14/h4,7-8,10-11,14,21H,5-6,9H2,1-3H3/i9D2. The molecule has 1 saturated carbocycles. The van der Waals surface area contributed by atoms with E-state index in [-0.39, 0.29) is 12.8 Å². The van der Waals surface area contributed by atoms with E-state index >= 15 is 0 Å². The smallest absolute Gasteiger partial charge is 0.333 e. The largest absolute Gasteiger partial charge is 0.361 e. The van der Waals surface area contributed by atoms with Crippen molar-refractivity contribution in [2.75, 3.05) is 0 Å². The van der Waals surface area contributed by atoms with Gasteiger partial charge in [0.15, 0.2) is 0 Å². The number of halogens is 3. The van der Waals surface area contributed by atoms with E-state index in [1.54, 1.807) is 32.3 Å². The van der Waals surface area contributed by atoms with Crippen LogP contribution in [0.1, 0.15) is 40.5 Å². The van der Waals surface area contributed by atoms with Crippen LogP contribution in [0.2, 0.25) is 0 Å². The molecule has 0 saturated heterocycles. The highest BCUT2D eigenvalue weighted by Gasteiger charge is 2.40. The lowest BCUT2D eigenvalue weighted by molar-refractivity contribution is 0.0178. The summed E-state index contributed by atoms with van der Waals surface area (Å²) in [5, 5.41) is 7.67. The predicted octanol–water partition coefficient (Wildman–Crippen LogP) is 5.70. The van der Waals surface area contributed by atoms with Crippen LogP contribution in [0.5, 0.6) is 0 Å². The summed E-state index contributed by atoms with van der Waals surface area (Å²) < 4.78 is 65.3. The molecule has 0 bridgehead atoms. The zero-order valence-corrected chi connectivity index (χ0v) is 17.2. The van der Waals surface area contributed by atoms with Crippen LogP contribution >= 0.6 is 0 Å². The van der Waals surface area contributed by atoms with Crippen LogP contribution < -0.4 is 0 Å². The minimum Gasteiger partial charge on any atom is -0.361 e. The van der Waals surface area contributed by atoms with Gasteiger partial charge in [0.1, 0.15) is 11.4 Å². The maximum absolute atomic E-state index is 14.2. The van der Waals surface area contributed by atoms with E-state index in [1.165, 1.54) is 23.9 Å². The molecule has 4 heterocycles. The highest BCUT2D eigenvalue weighted by atomic mass is 19.3. The maximum Gasteiger partial charge on any atom is 0.333 e. The molecule has 4 aromatic heterocycles. The molecule has 1 fully saturated rings. The first-order valence-corrected chi connectivity index (χ1v) is 9.94. The Morgan fingerprint density at radius 3 is 2.65 bits per heavy atom. The molecule has 0 N–H and O–H groups in total. The van der Waals surface area contributed by atoms with Crippen molar-refractivity contribution in [2.24, 2.45) is 5.92 Å². The summed E-state index contributed by atoms with van der Waals surface area (Å²) in [6.45, 7) is 0.330. The van der Waals surface area contributed by atoms with Gasteiger partial charge >= 0.3 is 6.55 Å². The lowest BCUT2D eigenvalue weighted by Crippen LogP contribution is -2.38. The number of aryl methyl sites for hydroxylation is 2. The fourth-order valence-electron chi connectivity index (χ4n) is 4.29. The van der Waals surface area contributed by atoms with Crippen LogP contribution in [0.4, 0.5) is 13.2 Å². The molecule has 0 aliphatic heterocycles. The molecular weight excluding hydrogens is 407 g/mol. The Morgan fingerprint density at radius 2 is 2.03 bits per heavy atom. The minimum absolute atomic E-state index is 0.0926. The number of pyridine rings is 1. The molecule has 0 radical (unpaired) electrons. The van der Waals surface area contributed by atoms with E-state index in [9.17, 15) is 13.2 Å². The quantitative estimate of drug-likeness (QED) is 0.406. The molecule has 9 heteroatoms. The second-order valence-corrected chi connectivity index (χ2v) is 8.34. The Morgan fingerprint density at radius 1 is 1.26 bits per heavy atom. The Bertz CT molecular complexity index is 1330. The molecule has 0 amide bonds.